The summed E-state index contributed by atoms with van der Waals surface area (Å²) in [5.41, 5.74) is 1.40. The van der Waals surface area contributed by atoms with Gasteiger partial charge in [0.15, 0.2) is 4.80 Å². The van der Waals surface area contributed by atoms with E-state index >= 15 is 0 Å². The number of aromatic nitrogens is 1. The summed E-state index contributed by atoms with van der Waals surface area (Å²) in [4.78, 5) is 32.0. The van der Waals surface area contributed by atoms with E-state index in [0.29, 0.717) is 37.7 Å². The molecule has 0 fully saturated rings. The molecule has 3 aromatic rings. The van der Waals surface area contributed by atoms with Gasteiger partial charge in [-0.3, -0.25) is 9.36 Å². The normalized spacial score (nSPS) is 15.6. The molecule has 0 saturated carbocycles. The maximum absolute atomic E-state index is 13.7. The number of allylic oxidation sites excluding steroid dienone is 1. The summed E-state index contributed by atoms with van der Waals surface area (Å²) >= 11 is 1.18. The van der Waals surface area contributed by atoms with Crippen molar-refractivity contribution in [1.82, 2.24) is 4.57 Å². The fourth-order valence-corrected chi connectivity index (χ4v) is 5.00. The molecule has 0 aliphatic carbocycles. The van der Waals surface area contributed by atoms with Crippen LogP contribution in [0.15, 0.2) is 63.5 Å². The van der Waals surface area contributed by atoms with E-state index in [-0.39, 0.29) is 23.0 Å². The van der Waals surface area contributed by atoms with E-state index in [1.807, 2.05) is 0 Å². The minimum absolute atomic E-state index is 0.0572. The quantitative estimate of drug-likeness (QED) is 0.529. The molecule has 35 heavy (non-hydrogen) atoms. The van der Waals surface area contributed by atoms with Crippen LogP contribution in [-0.2, 0) is 9.53 Å². The van der Waals surface area contributed by atoms with Crippen LogP contribution in [0.5, 0.6) is 17.2 Å². The number of para-hydroxylation sites is 1. The van der Waals surface area contributed by atoms with Crippen LogP contribution < -0.4 is 24.4 Å². The first-order chi connectivity index (χ1) is 16.7. The molecule has 1 aliphatic heterocycles. The van der Waals surface area contributed by atoms with Gasteiger partial charge in [0.2, 0.25) is 0 Å². The van der Waals surface area contributed by atoms with Gasteiger partial charge in [-0.05, 0) is 51.1 Å². The highest BCUT2D eigenvalue weighted by molar-refractivity contribution is 7.07. The SMILES string of the molecule is COc1ccc(OC)c(C2C(C(=O)OC(C)C)=C(C)N=c3s/c(=C/c4ccccc4O)c(=O)n32)c1. The van der Waals surface area contributed by atoms with Gasteiger partial charge in [-0.15, -0.1) is 0 Å². The molecule has 0 amide bonds. The molecule has 9 heteroatoms. The lowest BCUT2D eigenvalue weighted by Crippen LogP contribution is -2.40. The van der Waals surface area contributed by atoms with Crippen LogP contribution in [0.4, 0.5) is 0 Å². The van der Waals surface area contributed by atoms with E-state index in [1.165, 1.54) is 23.0 Å². The molecule has 0 radical (unpaired) electrons. The highest BCUT2D eigenvalue weighted by Gasteiger charge is 2.35. The lowest BCUT2D eigenvalue weighted by molar-refractivity contribution is -0.143. The number of benzene rings is 2. The first-order valence-corrected chi connectivity index (χ1v) is 11.8. The average molecular weight is 495 g/mol. The molecule has 1 aliphatic rings. The fraction of sp³-hybridized carbons (Fsp3) is 0.269. The topological polar surface area (TPSA) is 99.4 Å². The standard InChI is InChI=1S/C26H26N2O6S/c1-14(2)34-25(31)22-15(3)27-26-28(23(22)18-13-17(32-4)10-11-20(18)33-5)24(30)21(35-26)12-16-8-6-7-9-19(16)29/h6-14,23,29H,1-5H3/b21-12+. The van der Waals surface area contributed by atoms with Crippen LogP contribution in [0.1, 0.15) is 37.9 Å². The second-order valence-electron chi connectivity index (χ2n) is 8.20. The molecule has 2 aromatic carbocycles. The van der Waals surface area contributed by atoms with E-state index in [1.54, 1.807) is 76.4 Å². The summed E-state index contributed by atoms with van der Waals surface area (Å²) in [6, 6.07) is 11.1. The lowest BCUT2D eigenvalue weighted by atomic mass is 9.94. The Kier molecular flexibility index (Phi) is 6.79. The molecule has 0 spiro atoms. The number of phenols is 1. The summed E-state index contributed by atoms with van der Waals surface area (Å²) in [6.07, 6.45) is 1.26. The van der Waals surface area contributed by atoms with Crippen LogP contribution in [0.25, 0.3) is 6.08 Å². The van der Waals surface area contributed by atoms with Crippen LogP contribution in [-0.4, -0.2) is 36.0 Å². The molecule has 182 valence electrons. The third kappa shape index (κ3) is 4.59. The van der Waals surface area contributed by atoms with Crippen molar-refractivity contribution in [3.8, 4) is 17.2 Å². The van der Waals surface area contributed by atoms with Gasteiger partial charge in [-0.25, -0.2) is 9.79 Å². The average Bonchev–Trinajstić information content (AvgIpc) is 3.13. The fourth-order valence-electron chi connectivity index (χ4n) is 3.96. The molecule has 1 atom stereocenters. The lowest BCUT2D eigenvalue weighted by Gasteiger charge is -2.26. The van der Waals surface area contributed by atoms with E-state index in [0.717, 1.165) is 0 Å². The molecule has 1 unspecified atom stereocenters. The van der Waals surface area contributed by atoms with E-state index in [2.05, 4.69) is 4.99 Å². The van der Waals surface area contributed by atoms with Crippen molar-refractivity contribution in [2.45, 2.75) is 32.9 Å². The van der Waals surface area contributed by atoms with Crippen molar-refractivity contribution in [3.63, 3.8) is 0 Å². The van der Waals surface area contributed by atoms with Gasteiger partial charge >= 0.3 is 5.97 Å². The monoisotopic (exact) mass is 494 g/mol. The molecular weight excluding hydrogens is 468 g/mol. The number of ether oxygens (including phenoxy) is 3. The number of methoxy groups -OCH3 is 2. The summed E-state index contributed by atoms with van der Waals surface area (Å²) < 4.78 is 18.4. The zero-order chi connectivity index (χ0) is 25.3. The molecule has 1 aromatic heterocycles. The van der Waals surface area contributed by atoms with Gasteiger partial charge in [-0.1, -0.05) is 29.5 Å². The summed E-state index contributed by atoms with van der Waals surface area (Å²) in [6.45, 7) is 5.24. The number of nitrogens with zero attached hydrogens (tertiary/aromatic N) is 2. The van der Waals surface area contributed by atoms with Gasteiger partial charge in [-0.2, -0.15) is 0 Å². The highest BCUT2D eigenvalue weighted by Crippen LogP contribution is 2.38. The Morgan fingerprint density at radius 1 is 1.17 bits per heavy atom. The Labute approximate surface area is 206 Å². The number of esters is 1. The van der Waals surface area contributed by atoms with Crippen molar-refractivity contribution in [1.29, 1.82) is 0 Å². The number of phenolic OH excluding ortho intramolecular Hbond substituents is 1. The third-order valence-corrected chi connectivity index (χ3v) is 6.52. The van der Waals surface area contributed by atoms with Gasteiger partial charge in [0, 0.05) is 11.1 Å². The number of aromatic hydroxyl groups is 1. The van der Waals surface area contributed by atoms with Crippen molar-refractivity contribution in [2.75, 3.05) is 14.2 Å². The van der Waals surface area contributed by atoms with Gasteiger partial charge in [0.1, 0.15) is 23.3 Å². The number of carbonyl (C=O) groups is 1. The Morgan fingerprint density at radius 3 is 2.57 bits per heavy atom. The number of thiazole rings is 1. The van der Waals surface area contributed by atoms with Crippen LogP contribution in [0.2, 0.25) is 0 Å². The zero-order valence-corrected chi connectivity index (χ0v) is 20.9. The second-order valence-corrected chi connectivity index (χ2v) is 9.21. The van der Waals surface area contributed by atoms with Crippen LogP contribution in [0, 0.1) is 0 Å². The third-order valence-electron chi connectivity index (χ3n) is 5.54. The Balaban J connectivity index is 2.03. The van der Waals surface area contributed by atoms with Gasteiger partial charge in [0.25, 0.3) is 5.56 Å². The zero-order valence-electron chi connectivity index (χ0n) is 20.1. The summed E-state index contributed by atoms with van der Waals surface area (Å²) in [5.74, 6) is 0.520. The smallest absolute Gasteiger partial charge is 0.338 e. The van der Waals surface area contributed by atoms with Crippen LogP contribution in [0.3, 0.4) is 0 Å². The predicted molar refractivity (Wildman–Crippen MR) is 133 cm³/mol. The number of rotatable bonds is 6. The number of fused-ring (bicyclic) bond motifs is 1. The molecule has 4 rings (SSSR count). The molecule has 8 nitrogen and oxygen atoms in total. The molecule has 1 N–H and O–H groups in total. The van der Waals surface area contributed by atoms with Crippen molar-refractivity contribution < 1.29 is 24.1 Å². The molecule has 0 bridgehead atoms. The Hall–Kier alpha value is -3.85. The van der Waals surface area contributed by atoms with E-state index in [4.69, 9.17) is 14.2 Å². The maximum Gasteiger partial charge on any atom is 0.338 e. The second kappa shape index (κ2) is 9.79. The molecule has 0 saturated heterocycles. The van der Waals surface area contributed by atoms with Crippen molar-refractivity contribution in [3.05, 3.63) is 84.5 Å². The number of hydrogen-bond donors (Lipinski definition) is 1. The largest absolute Gasteiger partial charge is 0.507 e. The Morgan fingerprint density at radius 2 is 1.91 bits per heavy atom. The van der Waals surface area contributed by atoms with Gasteiger partial charge in [0.05, 0.1) is 36.1 Å². The first-order valence-electron chi connectivity index (χ1n) is 11.0. The van der Waals surface area contributed by atoms with Crippen molar-refractivity contribution in [2.24, 2.45) is 4.99 Å². The number of carbonyl (C=O) groups excluding carboxylic acids is 1. The molecular formula is C26H26N2O6S. The van der Waals surface area contributed by atoms with Crippen molar-refractivity contribution >= 4 is 23.4 Å². The minimum Gasteiger partial charge on any atom is -0.507 e. The maximum atomic E-state index is 13.7. The number of hydrogen-bond acceptors (Lipinski definition) is 8. The van der Waals surface area contributed by atoms with E-state index in [9.17, 15) is 14.7 Å². The molecule has 2 heterocycles. The summed E-state index contributed by atoms with van der Waals surface area (Å²) in [7, 11) is 3.06. The highest BCUT2D eigenvalue weighted by atomic mass is 32.1. The van der Waals surface area contributed by atoms with Crippen LogP contribution >= 0.6 is 11.3 Å². The minimum atomic E-state index is -0.853. The first kappa shape index (κ1) is 24.3. The Bertz CT molecular complexity index is 1500. The predicted octanol–water partition coefficient (Wildman–Crippen LogP) is 2.91. The van der Waals surface area contributed by atoms with Gasteiger partial charge < -0.3 is 19.3 Å². The van der Waals surface area contributed by atoms with E-state index < -0.39 is 12.0 Å². The summed E-state index contributed by atoms with van der Waals surface area (Å²) in [5, 5.41) is 10.2.